The minimum atomic E-state index is 0.534. The molecule has 0 amide bonds. The van der Waals surface area contributed by atoms with Crippen molar-refractivity contribution in [3.63, 3.8) is 0 Å². The molecular weight excluding hydrogens is 210 g/mol. The van der Waals surface area contributed by atoms with E-state index >= 15 is 0 Å². The molecule has 0 atom stereocenters. The number of ether oxygens (including phenoxy) is 1. The molecule has 0 saturated heterocycles. The highest BCUT2D eigenvalue weighted by Gasteiger charge is 2.26. The first-order valence-electron chi connectivity index (χ1n) is 6.50. The Hall–Kier alpha value is -1.18. The molecule has 0 heterocycles. The third-order valence-electron chi connectivity index (χ3n) is 3.78. The summed E-state index contributed by atoms with van der Waals surface area (Å²) in [4.78, 5) is 0. The second kappa shape index (κ2) is 4.99. The maximum atomic E-state index is 5.24. The van der Waals surface area contributed by atoms with Crippen LogP contribution < -0.4 is 10.1 Å². The fourth-order valence-corrected chi connectivity index (χ4v) is 2.49. The Bertz CT molecular complexity index is 363. The van der Waals surface area contributed by atoms with Gasteiger partial charge in [0.25, 0.3) is 0 Å². The average Bonchev–Trinajstić information content (AvgIpc) is 2.32. The van der Waals surface area contributed by atoms with Crippen molar-refractivity contribution < 1.29 is 4.74 Å². The van der Waals surface area contributed by atoms with E-state index in [-0.39, 0.29) is 0 Å². The Morgan fingerprint density at radius 2 is 1.94 bits per heavy atom. The summed E-state index contributed by atoms with van der Waals surface area (Å²) in [6, 6.07) is 8.82. The van der Waals surface area contributed by atoms with Crippen LogP contribution >= 0.6 is 0 Å². The van der Waals surface area contributed by atoms with Crippen LogP contribution in [0.25, 0.3) is 0 Å². The maximum Gasteiger partial charge on any atom is 0.120 e. The molecule has 2 rings (SSSR count). The van der Waals surface area contributed by atoms with Crippen LogP contribution in [0.15, 0.2) is 24.3 Å². The van der Waals surface area contributed by atoms with Gasteiger partial charge in [-0.2, -0.15) is 0 Å². The molecule has 1 N–H and O–H groups in total. The molecule has 94 valence electrons. The lowest BCUT2D eigenvalue weighted by molar-refractivity contribution is 0.232. The summed E-state index contributed by atoms with van der Waals surface area (Å²) >= 11 is 0. The van der Waals surface area contributed by atoms with Crippen molar-refractivity contribution in [3.05, 3.63) is 24.3 Å². The second-order valence-electron chi connectivity index (χ2n) is 5.81. The lowest BCUT2D eigenvalue weighted by atomic mass is 9.75. The van der Waals surface area contributed by atoms with Crippen LogP contribution in [-0.2, 0) is 0 Å². The first-order valence-corrected chi connectivity index (χ1v) is 6.50. The fraction of sp³-hybridized carbons (Fsp3) is 0.600. The zero-order valence-corrected chi connectivity index (χ0v) is 11.1. The van der Waals surface area contributed by atoms with Crippen LogP contribution in [0.5, 0.6) is 5.75 Å². The van der Waals surface area contributed by atoms with Crippen molar-refractivity contribution in [1.82, 2.24) is 0 Å². The van der Waals surface area contributed by atoms with E-state index in [0.717, 1.165) is 5.75 Å². The number of nitrogens with one attached hydrogen (secondary N) is 1. The van der Waals surface area contributed by atoms with Gasteiger partial charge in [-0.05, 0) is 43.2 Å². The Labute approximate surface area is 104 Å². The summed E-state index contributed by atoms with van der Waals surface area (Å²) in [5, 5.41) is 3.61. The van der Waals surface area contributed by atoms with Gasteiger partial charge in [0.05, 0.1) is 7.11 Å². The predicted molar refractivity (Wildman–Crippen MR) is 72.7 cm³/mol. The molecule has 17 heavy (non-hydrogen) atoms. The first kappa shape index (κ1) is 12.3. The van der Waals surface area contributed by atoms with E-state index in [4.69, 9.17) is 4.74 Å². The van der Waals surface area contributed by atoms with Gasteiger partial charge in [-0.3, -0.25) is 0 Å². The third-order valence-corrected chi connectivity index (χ3v) is 3.78. The molecule has 0 bridgehead atoms. The number of benzene rings is 1. The van der Waals surface area contributed by atoms with Gasteiger partial charge >= 0.3 is 0 Å². The van der Waals surface area contributed by atoms with Crippen molar-refractivity contribution in [2.24, 2.45) is 5.41 Å². The fourth-order valence-electron chi connectivity index (χ4n) is 2.49. The number of methoxy groups -OCH3 is 1. The lowest BCUT2D eigenvalue weighted by Gasteiger charge is -2.35. The minimum Gasteiger partial charge on any atom is -0.497 e. The molecule has 1 aromatic carbocycles. The molecule has 2 nitrogen and oxygen atoms in total. The van der Waals surface area contributed by atoms with Crippen molar-refractivity contribution in [2.45, 2.75) is 45.6 Å². The standard InChI is InChI=1S/C15H23NO/c1-15(2)9-7-12(8-10-15)16-13-5-4-6-14(11-13)17-3/h4-6,11-12,16H,7-10H2,1-3H3. The van der Waals surface area contributed by atoms with E-state index < -0.39 is 0 Å². The average molecular weight is 233 g/mol. The first-order chi connectivity index (χ1) is 8.09. The molecule has 1 saturated carbocycles. The van der Waals surface area contributed by atoms with Crippen LogP contribution in [0.1, 0.15) is 39.5 Å². The molecule has 1 aliphatic carbocycles. The predicted octanol–water partition coefficient (Wildman–Crippen LogP) is 4.08. The van der Waals surface area contributed by atoms with E-state index in [9.17, 15) is 0 Å². The minimum absolute atomic E-state index is 0.534. The third kappa shape index (κ3) is 3.39. The van der Waals surface area contributed by atoms with E-state index in [2.05, 4.69) is 31.3 Å². The normalized spacial score (nSPS) is 19.9. The molecule has 0 radical (unpaired) electrons. The quantitative estimate of drug-likeness (QED) is 0.849. The molecule has 0 aromatic heterocycles. The summed E-state index contributed by atoms with van der Waals surface area (Å²) in [6.45, 7) is 4.74. The number of anilines is 1. The summed E-state index contributed by atoms with van der Waals surface area (Å²) in [5.41, 5.74) is 1.71. The van der Waals surface area contributed by atoms with Gasteiger partial charge in [-0.15, -0.1) is 0 Å². The molecule has 2 heteroatoms. The van der Waals surface area contributed by atoms with Gasteiger partial charge in [0.2, 0.25) is 0 Å². The molecule has 1 fully saturated rings. The largest absolute Gasteiger partial charge is 0.497 e. The Morgan fingerprint density at radius 3 is 2.59 bits per heavy atom. The Kier molecular flexibility index (Phi) is 3.60. The molecule has 1 aliphatic rings. The number of hydrogen-bond donors (Lipinski definition) is 1. The van der Waals surface area contributed by atoms with Crippen molar-refractivity contribution in [2.75, 3.05) is 12.4 Å². The number of hydrogen-bond acceptors (Lipinski definition) is 2. The van der Waals surface area contributed by atoms with Gasteiger partial charge in [0.1, 0.15) is 5.75 Å². The molecule has 0 unspecified atom stereocenters. The summed E-state index contributed by atoms with van der Waals surface area (Å²) in [7, 11) is 1.71. The summed E-state index contributed by atoms with van der Waals surface area (Å²) in [6.07, 6.45) is 5.16. The summed E-state index contributed by atoms with van der Waals surface area (Å²) in [5.74, 6) is 0.922. The van der Waals surface area contributed by atoms with Crippen molar-refractivity contribution in [3.8, 4) is 5.75 Å². The van der Waals surface area contributed by atoms with Crippen LogP contribution in [0.3, 0.4) is 0 Å². The zero-order valence-electron chi connectivity index (χ0n) is 11.1. The lowest BCUT2D eigenvalue weighted by Crippen LogP contribution is -2.29. The molecule has 0 aliphatic heterocycles. The van der Waals surface area contributed by atoms with Gasteiger partial charge < -0.3 is 10.1 Å². The molecular formula is C15H23NO. The van der Waals surface area contributed by atoms with Crippen molar-refractivity contribution in [1.29, 1.82) is 0 Å². The van der Waals surface area contributed by atoms with Crippen molar-refractivity contribution >= 4 is 5.69 Å². The molecule has 1 aromatic rings. The second-order valence-corrected chi connectivity index (χ2v) is 5.81. The van der Waals surface area contributed by atoms with Gasteiger partial charge in [-0.1, -0.05) is 19.9 Å². The van der Waals surface area contributed by atoms with Crippen LogP contribution in [-0.4, -0.2) is 13.2 Å². The van der Waals surface area contributed by atoms with E-state index in [1.807, 2.05) is 12.1 Å². The van der Waals surface area contributed by atoms with Gasteiger partial charge in [0, 0.05) is 17.8 Å². The zero-order chi connectivity index (χ0) is 12.3. The Balaban J connectivity index is 1.93. The SMILES string of the molecule is COc1cccc(NC2CCC(C)(C)CC2)c1. The monoisotopic (exact) mass is 233 g/mol. The smallest absolute Gasteiger partial charge is 0.120 e. The van der Waals surface area contributed by atoms with Gasteiger partial charge in [-0.25, -0.2) is 0 Å². The highest BCUT2D eigenvalue weighted by atomic mass is 16.5. The Morgan fingerprint density at radius 1 is 1.24 bits per heavy atom. The molecule has 0 spiro atoms. The summed E-state index contributed by atoms with van der Waals surface area (Å²) < 4.78 is 5.24. The van der Waals surface area contributed by atoms with Crippen LogP contribution in [0, 0.1) is 5.41 Å². The van der Waals surface area contributed by atoms with Gasteiger partial charge in [0.15, 0.2) is 0 Å². The highest BCUT2D eigenvalue weighted by molar-refractivity contribution is 5.48. The maximum absolute atomic E-state index is 5.24. The van der Waals surface area contributed by atoms with E-state index in [0.29, 0.717) is 11.5 Å². The van der Waals surface area contributed by atoms with E-state index in [1.165, 1.54) is 31.4 Å². The van der Waals surface area contributed by atoms with E-state index in [1.54, 1.807) is 7.11 Å². The van der Waals surface area contributed by atoms with Crippen LogP contribution in [0.2, 0.25) is 0 Å². The number of rotatable bonds is 3. The van der Waals surface area contributed by atoms with Crippen LogP contribution in [0.4, 0.5) is 5.69 Å². The topological polar surface area (TPSA) is 21.3 Å². The highest BCUT2D eigenvalue weighted by Crippen LogP contribution is 2.36.